The normalized spacial score (nSPS) is 10.9. The highest BCUT2D eigenvalue weighted by Crippen LogP contribution is 2.30. The summed E-state index contributed by atoms with van der Waals surface area (Å²) >= 11 is 0. The maximum Gasteiger partial charge on any atom is 0.348 e. The maximum atomic E-state index is 12.3. The molecule has 0 atom stereocenters. The maximum absolute atomic E-state index is 12.3. The van der Waals surface area contributed by atoms with E-state index in [1.807, 2.05) is 6.92 Å². The quantitative estimate of drug-likeness (QED) is 0.253. The zero-order valence-corrected chi connectivity index (χ0v) is 18.2. The Bertz CT molecular complexity index is 1080. The molecular weight excluding hydrogens is 414 g/mol. The number of rotatable bonds is 9. The van der Waals surface area contributed by atoms with Gasteiger partial charge in [-0.25, -0.2) is 9.59 Å². The molecule has 8 nitrogen and oxygen atoms in total. The predicted molar refractivity (Wildman–Crippen MR) is 117 cm³/mol. The van der Waals surface area contributed by atoms with Crippen LogP contribution in [0.25, 0.3) is 12.2 Å². The van der Waals surface area contributed by atoms with E-state index in [1.165, 1.54) is 45.6 Å². The topological polar surface area (TPSA) is 104 Å². The second-order valence-corrected chi connectivity index (χ2v) is 6.17. The third-order valence-electron chi connectivity index (χ3n) is 4.13. The SMILES string of the molecule is CCOc1ccc(C=CC(=O)Oc2ccc(C=C(C#N)C(=O)OC)cc2OC)cc1OC. The van der Waals surface area contributed by atoms with Gasteiger partial charge in [0.25, 0.3) is 0 Å². The number of methoxy groups -OCH3 is 3. The predicted octanol–water partition coefficient (Wildman–Crippen LogP) is 3.80. The zero-order chi connectivity index (χ0) is 23.5. The zero-order valence-electron chi connectivity index (χ0n) is 18.2. The summed E-state index contributed by atoms with van der Waals surface area (Å²) in [6.45, 7) is 2.39. The number of carbonyl (C=O) groups excluding carboxylic acids is 2. The highest BCUT2D eigenvalue weighted by atomic mass is 16.6. The molecule has 0 saturated carbocycles. The van der Waals surface area contributed by atoms with Gasteiger partial charge in [-0.1, -0.05) is 12.1 Å². The second-order valence-electron chi connectivity index (χ2n) is 6.17. The van der Waals surface area contributed by atoms with Gasteiger partial charge in [0.2, 0.25) is 0 Å². The first-order valence-corrected chi connectivity index (χ1v) is 9.54. The van der Waals surface area contributed by atoms with Crippen molar-refractivity contribution in [2.75, 3.05) is 27.9 Å². The van der Waals surface area contributed by atoms with Gasteiger partial charge in [0, 0.05) is 6.08 Å². The molecular formula is C24H23NO7. The summed E-state index contributed by atoms with van der Waals surface area (Å²) in [5.74, 6) is 0.229. The van der Waals surface area contributed by atoms with Crippen molar-refractivity contribution in [3.63, 3.8) is 0 Å². The molecule has 0 radical (unpaired) electrons. The molecule has 0 aromatic heterocycles. The number of carbonyl (C=O) groups is 2. The van der Waals surface area contributed by atoms with Gasteiger partial charge >= 0.3 is 11.9 Å². The molecule has 0 unspecified atom stereocenters. The lowest BCUT2D eigenvalue weighted by molar-refractivity contribution is -0.135. The molecule has 0 fully saturated rings. The number of hydrogen-bond donors (Lipinski definition) is 0. The summed E-state index contributed by atoms with van der Waals surface area (Å²) < 4.78 is 25.9. The van der Waals surface area contributed by atoms with E-state index < -0.39 is 11.9 Å². The first-order chi connectivity index (χ1) is 15.4. The van der Waals surface area contributed by atoms with Crippen LogP contribution >= 0.6 is 0 Å². The van der Waals surface area contributed by atoms with Crippen molar-refractivity contribution in [2.45, 2.75) is 6.92 Å². The average Bonchev–Trinajstić information content (AvgIpc) is 2.82. The molecule has 0 amide bonds. The summed E-state index contributed by atoms with van der Waals surface area (Å²) in [4.78, 5) is 23.8. The van der Waals surface area contributed by atoms with E-state index >= 15 is 0 Å². The van der Waals surface area contributed by atoms with Crippen LogP contribution in [0.5, 0.6) is 23.0 Å². The Hall–Kier alpha value is -4.25. The lowest BCUT2D eigenvalue weighted by Gasteiger charge is -2.10. The summed E-state index contributed by atoms with van der Waals surface area (Å²) in [7, 11) is 4.14. The molecule has 0 aliphatic carbocycles. The summed E-state index contributed by atoms with van der Waals surface area (Å²) in [5, 5.41) is 9.07. The van der Waals surface area contributed by atoms with Gasteiger partial charge in [0.05, 0.1) is 27.9 Å². The van der Waals surface area contributed by atoms with Crippen LogP contribution in [0.3, 0.4) is 0 Å². The van der Waals surface area contributed by atoms with Crippen molar-refractivity contribution in [3.8, 4) is 29.1 Å². The molecule has 166 valence electrons. The fourth-order valence-corrected chi connectivity index (χ4v) is 2.64. The van der Waals surface area contributed by atoms with E-state index in [2.05, 4.69) is 4.74 Å². The van der Waals surface area contributed by atoms with E-state index in [9.17, 15) is 9.59 Å². The molecule has 8 heteroatoms. The fraction of sp³-hybridized carbons (Fsp3) is 0.208. The monoisotopic (exact) mass is 437 g/mol. The van der Waals surface area contributed by atoms with Crippen LogP contribution in [0.4, 0.5) is 0 Å². The first-order valence-electron chi connectivity index (χ1n) is 9.54. The van der Waals surface area contributed by atoms with E-state index in [4.69, 9.17) is 24.2 Å². The minimum atomic E-state index is -0.752. The largest absolute Gasteiger partial charge is 0.493 e. The number of esters is 2. The van der Waals surface area contributed by atoms with Crippen LogP contribution in [0.15, 0.2) is 48.0 Å². The molecule has 0 bridgehead atoms. The van der Waals surface area contributed by atoms with Gasteiger partial charge in [0.1, 0.15) is 11.6 Å². The van der Waals surface area contributed by atoms with E-state index in [0.29, 0.717) is 23.7 Å². The molecule has 0 spiro atoms. The Morgan fingerprint density at radius 2 is 1.56 bits per heavy atom. The van der Waals surface area contributed by atoms with Gasteiger partial charge in [-0.05, 0) is 54.5 Å². The second kappa shape index (κ2) is 11.8. The number of benzene rings is 2. The van der Waals surface area contributed by atoms with Crippen LogP contribution in [0, 0.1) is 11.3 Å². The lowest BCUT2D eigenvalue weighted by atomic mass is 10.1. The van der Waals surface area contributed by atoms with Crippen LogP contribution in [-0.2, 0) is 14.3 Å². The van der Waals surface area contributed by atoms with Crippen LogP contribution < -0.4 is 18.9 Å². The smallest absolute Gasteiger partial charge is 0.348 e. The van der Waals surface area contributed by atoms with Gasteiger partial charge in [-0.2, -0.15) is 5.26 Å². The summed E-state index contributed by atoms with van der Waals surface area (Å²) in [6.07, 6.45) is 4.20. The van der Waals surface area contributed by atoms with Crippen LogP contribution in [-0.4, -0.2) is 39.9 Å². The summed E-state index contributed by atoms with van der Waals surface area (Å²) in [6, 6.07) is 11.7. The molecule has 0 aliphatic rings. The molecule has 2 aromatic carbocycles. The Balaban J connectivity index is 2.17. The number of nitriles is 1. The van der Waals surface area contributed by atoms with Gasteiger partial charge < -0.3 is 23.7 Å². The molecule has 0 N–H and O–H groups in total. The van der Waals surface area contributed by atoms with Crippen molar-refractivity contribution in [3.05, 3.63) is 59.2 Å². The average molecular weight is 437 g/mol. The van der Waals surface area contributed by atoms with Gasteiger partial charge in [-0.3, -0.25) is 0 Å². The molecule has 2 aromatic rings. The van der Waals surface area contributed by atoms with Crippen molar-refractivity contribution in [1.29, 1.82) is 5.26 Å². The van der Waals surface area contributed by atoms with Gasteiger partial charge in [-0.15, -0.1) is 0 Å². The molecule has 0 saturated heterocycles. The number of hydrogen-bond acceptors (Lipinski definition) is 8. The van der Waals surface area contributed by atoms with Crippen molar-refractivity contribution >= 4 is 24.1 Å². The van der Waals surface area contributed by atoms with Crippen molar-refractivity contribution < 1.29 is 33.3 Å². The standard InChI is InChI=1S/C24H23NO7/c1-5-31-19-9-6-16(13-21(19)28-2)8-11-23(26)32-20-10-7-17(14-22(20)29-3)12-18(15-25)24(27)30-4/h6-14H,5H2,1-4H3. The minimum absolute atomic E-state index is 0.173. The third kappa shape index (κ3) is 6.37. The van der Waals surface area contributed by atoms with Gasteiger partial charge in [0.15, 0.2) is 23.0 Å². The molecule has 0 heterocycles. The third-order valence-corrected chi connectivity index (χ3v) is 4.13. The van der Waals surface area contributed by atoms with Crippen LogP contribution in [0.2, 0.25) is 0 Å². The molecule has 0 aliphatic heterocycles. The molecule has 32 heavy (non-hydrogen) atoms. The van der Waals surface area contributed by atoms with Crippen molar-refractivity contribution in [2.24, 2.45) is 0 Å². The fourth-order valence-electron chi connectivity index (χ4n) is 2.64. The number of nitrogens with zero attached hydrogens (tertiary/aromatic N) is 1. The minimum Gasteiger partial charge on any atom is -0.493 e. The Labute approximate surface area is 186 Å². The number of ether oxygens (including phenoxy) is 5. The highest BCUT2D eigenvalue weighted by Gasteiger charge is 2.12. The van der Waals surface area contributed by atoms with E-state index in [1.54, 1.807) is 36.4 Å². The summed E-state index contributed by atoms with van der Waals surface area (Å²) in [5.41, 5.74) is 1.05. The Kier molecular flexibility index (Phi) is 8.87. The lowest BCUT2D eigenvalue weighted by Crippen LogP contribution is -2.05. The Morgan fingerprint density at radius 3 is 2.19 bits per heavy atom. The van der Waals surface area contributed by atoms with E-state index in [-0.39, 0.29) is 17.1 Å². The molecule has 2 rings (SSSR count). The Morgan fingerprint density at radius 1 is 0.938 bits per heavy atom. The van der Waals surface area contributed by atoms with E-state index in [0.717, 1.165) is 5.56 Å². The van der Waals surface area contributed by atoms with Crippen molar-refractivity contribution in [1.82, 2.24) is 0 Å². The first kappa shape index (κ1) is 24.0. The highest BCUT2D eigenvalue weighted by molar-refractivity contribution is 5.98. The van der Waals surface area contributed by atoms with Crippen LogP contribution in [0.1, 0.15) is 18.1 Å².